The van der Waals surface area contributed by atoms with E-state index in [2.05, 4.69) is 0 Å². The predicted octanol–water partition coefficient (Wildman–Crippen LogP) is 4.00. The molecule has 0 heterocycles. The maximum absolute atomic E-state index is 14.4. The highest BCUT2D eigenvalue weighted by molar-refractivity contribution is 5.49. The summed E-state index contributed by atoms with van der Waals surface area (Å²) in [5, 5.41) is 0. The molecule has 0 amide bonds. The number of halogens is 1. The number of rotatable bonds is 0. The molecule has 16 heavy (non-hydrogen) atoms. The van der Waals surface area contributed by atoms with Gasteiger partial charge in [0.15, 0.2) is 0 Å². The van der Waals surface area contributed by atoms with Crippen molar-refractivity contribution in [1.82, 2.24) is 0 Å². The molecule has 0 fully saturated rings. The van der Waals surface area contributed by atoms with Crippen molar-refractivity contribution in [2.45, 2.75) is 52.4 Å². The predicted molar refractivity (Wildman–Crippen MR) is 68.2 cm³/mol. The van der Waals surface area contributed by atoms with Crippen molar-refractivity contribution in [3.8, 4) is 0 Å². The summed E-state index contributed by atoms with van der Waals surface area (Å²) in [5.74, 6) is -0.116. The third-order valence-corrected chi connectivity index (χ3v) is 2.71. The number of anilines is 1. The number of hydrogen-bond donors (Lipinski definition) is 1. The van der Waals surface area contributed by atoms with Crippen molar-refractivity contribution in [3.05, 3.63) is 29.1 Å². The van der Waals surface area contributed by atoms with Gasteiger partial charge in [0.1, 0.15) is 5.82 Å². The summed E-state index contributed by atoms with van der Waals surface area (Å²) in [4.78, 5) is 0. The Labute approximate surface area is 97.9 Å². The molecule has 1 rings (SSSR count). The molecule has 0 unspecified atom stereocenters. The second kappa shape index (κ2) is 3.76. The second-order valence-corrected chi connectivity index (χ2v) is 6.43. The molecule has 0 bridgehead atoms. The summed E-state index contributed by atoms with van der Waals surface area (Å²) in [6.07, 6.45) is 0. The summed E-state index contributed by atoms with van der Waals surface area (Å²) >= 11 is 0. The lowest BCUT2D eigenvalue weighted by atomic mass is 9.79. The molecule has 0 radical (unpaired) electrons. The van der Waals surface area contributed by atoms with Crippen LogP contribution >= 0.6 is 0 Å². The number of hydrogen-bond acceptors (Lipinski definition) is 1. The van der Waals surface area contributed by atoms with Crippen LogP contribution in [0.2, 0.25) is 0 Å². The van der Waals surface area contributed by atoms with E-state index in [1.54, 1.807) is 12.1 Å². The Morgan fingerprint density at radius 1 is 0.875 bits per heavy atom. The van der Waals surface area contributed by atoms with E-state index in [0.29, 0.717) is 16.8 Å². The van der Waals surface area contributed by atoms with Crippen molar-refractivity contribution in [2.24, 2.45) is 0 Å². The topological polar surface area (TPSA) is 26.0 Å². The van der Waals surface area contributed by atoms with Crippen molar-refractivity contribution in [3.63, 3.8) is 0 Å². The second-order valence-electron chi connectivity index (χ2n) is 6.43. The Morgan fingerprint density at radius 3 is 1.44 bits per heavy atom. The zero-order valence-electron chi connectivity index (χ0n) is 11.1. The molecular formula is C14H22FN. The Bertz CT molecular complexity index is 359. The first-order valence-electron chi connectivity index (χ1n) is 5.63. The third-order valence-electron chi connectivity index (χ3n) is 2.71. The fraction of sp³-hybridized carbons (Fsp3) is 0.571. The molecule has 0 atom stereocenters. The normalized spacial score (nSPS) is 12.9. The largest absolute Gasteiger partial charge is 0.399 e. The molecule has 2 heteroatoms. The van der Waals surface area contributed by atoms with Gasteiger partial charge in [0.2, 0.25) is 0 Å². The van der Waals surface area contributed by atoms with Crippen LogP contribution in [0.3, 0.4) is 0 Å². The molecule has 0 aromatic heterocycles. The van der Waals surface area contributed by atoms with Crippen LogP contribution in [0.25, 0.3) is 0 Å². The van der Waals surface area contributed by atoms with E-state index in [1.807, 2.05) is 41.5 Å². The molecule has 0 aliphatic heterocycles. The van der Waals surface area contributed by atoms with Crippen LogP contribution in [0.4, 0.5) is 10.1 Å². The summed E-state index contributed by atoms with van der Waals surface area (Å²) in [7, 11) is 0. The van der Waals surface area contributed by atoms with Gasteiger partial charge < -0.3 is 5.73 Å². The highest BCUT2D eigenvalue weighted by atomic mass is 19.1. The molecule has 1 nitrogen and oxygen atoms in total. The first kappa shape index (κ1) is 13.0. The SMILES string of the molecule is CC(C)(C)c1cc(N)cc(C(C)(C)C)c1F. The standard InChI is InChI=1S/C14H22FN/c1-13(2,3)10-7-9(16)8-11(12(10)15)14(4,5)6/h7-8H,16H2,1-6H3. The van der Waals surface area contributed by atoms with Crippen molar-refractivity contribution in [1.29, 1.82) is 0 Å². The van der Waals surface area contributed by atoms with E-state index in [9.17, 15) is 4.39 Å². The lowest BCUT2D eigenvalue weighted by molar-refractivity contribution is 0.482. The maximum Gasteiger partial charge on any atom is 0.130 e. The Kier molecular flexibility index (Phi) is 3.06. The molecule has 0 saturated carbocycles. The van der Waals surface area contributed by atoms with Gasteiger partial charge in [-0.15, -0.1) is 0 Å². The molecule has 1 aromatic rings. The van der Waals surface area contributed by atoms with Crippen LogP contribution < -0.4 is 5.73 Å². The number of nitrogens with two attached hydrogens (primary N) is 1. The van der Waals surface area contributed by atoms with Gasteiger partial charge in [-0.1, -0.05) is 41.5 Å². The van der Waals surface area contributed by atoms with E-state index in [-0.39, 0.29) is 16.6 Å². The summed E-state index contributed by atoms with van der Waals surface area (Å²) in [6, 6.07) is 3.48. The van der Waals surface area contributed by atoms with E-state index >= 15 is 0 Å². The minimum atomic E-state index is -0.223. The lowest BCUT2D eigenvalue weighted by Crippen LogP contribution is -2.20. The van der Waals surface area contributed by atoms with Crippen LogP contribution in [-0.4, -0.2) is 0 Å². The Morgan fingerprint density at radius 2 is 1.19 bits per heavy atom. The van der Waals surface area contributed by atoms with Crippen LogP contribution in [0, 0.1) is 5.82 Å². The van der Waals surface area contributed by atoms with E-state index in [0.717, 1.165) is 0 Å². The van der Waals surface area contributed by atoms with Crippen molar-refractivity contribution < 1.29 is 4.39 Å². The van der Waals surface area contributed by atoms with Crippen molar-refractivity contribution in [2.75, 3.05) is 5.73 Å². The van der Waals surface area contributed by atoms with E-state index in [4.69, 9.17) is 5.73 Å². The summed E-state index contributed by atoms with van der Waals surface area (Å²) in [6.45, 7) is 12.0. The van der Waals surface area contributed by atoms with E-state index < -0.39 is 0 Å². The Balaban J connectivity index is 3.51. The number of nitrogen functional groups attached to an aromatic ring is 1. The quantitative estimate of drug-likeness (QED) is 0.661. The molecule has 0 spiro atoms. The van der Waals surface area contributed by atoms with Crippen LogP contribution in [0.5, 0.6) is 0 Å². The van der Waals surface area contributed by atoms with Crippen molar-refractivity contribution >= 4 is 5.69 Å². The first-order valence-corrected chi connectivity index (χ1v) is 5.63. The fourth-order valence-electron chi connectivity index (χ4n) is 1.74. The van der Waals surface area contributed by atoms with Crippen LogP contribution in [-0.2, 0) is 10.8 Å². The Hall–Kier alpha value is -1.05. The summed E-state index contributed by atoms with van der Waals surface area (Å²) < 4.78 is 14.4. The molecule has 0 aliphatic carbocycles. The molecule has 0 aliphatic rings. The van der Waals surface area contributed by atoms with Gasteiger partial charge in [-0.05, 0) is 34.1 Å². The van der Waals surface area contributed by atoms with Gasteiger partial charge in [0, 0.05) is 5.69 Å². The number of benzene rings is 1. The van der Waals surface area contributed by atoms with Gasteiger partial charge >= 0.3 is 0 Å². The molecular weight excluding hydrogens is 201 g/mol. The van der Waals surface area contributed by atoms with Gasteiger partial charge in [-0.2, -0.15) is 0 Å². The third kappa shape index (κ3) is 2.55. The van der Waals surface area contributed by atoms with Gasteiger partial charge in [0.05, 0.1) is 0 Å². The average Bonchev–Trinajstić information content (AvgIpc) is 2.04. The monoisotopic (exact) mass is 223 g/mol. The zero-order chi connectivity index (χ0) is 12.7. The van der Waals surface area contributed by atoms with Crippen LogP contribution in [0.1, 0.15) is 52.7 Å². The maximum atomic E-state index is 14.4. The zero-order valence-corrected chi connectivity index (χ0v) is 11.1. The van der Waals surface area contributed by atoms with Gasteiger partial charge in [-0.25, -0.2) is 4.39 Å². The first-order chi connectivity index (χ1) is 7.03. The lowest BCUT2D eigenvalue weighted by Gasteiger charge is -2.26. The molecule has 90 valence electrons. The van der Waals surface area contributed by atoms with Gasteiger partial charge in [0.25, 0.3) is 0 Å². The van der Waals surface area contributed by atoms with Gasteiger partial charge in [-0.3, -0.25) is 0 Å². The highest BCUT2D eigenvalue weighted by Gasteiger charge is 2.26. The summed E-state index contributed by atoms with van der Waals surface area (Å²) in [5.41, 5.74) is 7.43. The molecule has 0 saturated heterocycles. The molecule has 1 aromatic carbocycles. The average molecular weight is 223 g/mol. The fourth-order valence-corrected chi connectivity index (χ4v) is 1.74. The minimum Gasteiger partial charge on any atom is -0.399 e. The minimum absolute atomic E-state index is 0.116. The smallest absolute Gasteiger partial charge is 0.130 e. The highest BCUT2D eigenvalue weighted by Crippen LogP contribution is 2.34. The van der Waals surface area contributed by atoms with Crippen LogP contribution in [0.15, 0.2) is 12.1 Å². The van der Waals surface area contributed by atoms with E-state index in [1.165, 1.54) is 0 Å². The molecule has 2 N–H and O–H groups in total.